The van der Waals surface area contributed by atoms with Gasteiger partial charge in [0.1, 0.15) is 0 Å². The third-order valence-electron chi connectivity index (χ3n) is 2.63. The minimum absolute atomic E-state index is 0.0145. The van der Waals surface area contributed by atoms with Gasteiger partial charge in [-0.1, -0.05) is 6.08 Å². The molecule has 0 aliphatic heterocycles. The van der Waals surface area contributed by atoms with E-state index in [1.54, 1.807) is 6.08 Å². The molecule has 0 bridgehead atoms. The van der Waals surface area contributed by atoms with Crippen LogP contribution in [0.15, 0.2) is 23.9 Å². The maximum atomic E-state index is 10.5. The number of allylic oxidation sites excluding steroid dienone is 1. The Hall–Kier alpha value is -1.16. The quantitative estimate of drug-likeness (QED) is 0.515. The van der Waals surface area contributed by atoms with Crippen molar-refractivity contribution in [2.45, 2.75) is 24.9 Å². The van der Waals surface area contributed by atoms with Gasteiger partial charge in [0.05, 0.1) is 10.5 Å². The number of nitrogens with zero attached hydrogens (tertiary/aromatic N) is 1. The topological polar surface area (TPSA) is 63.4 Å². The van der Waals surface area contributed by atoms with Gasteiger partial charge in [-0.2, -0.15) is 0 Å². The summed E-state index contributed by atoms with van der Waals surface area (Å²) >= 11 is 0. The number of aliphatic hydroxyl groups is 1. The Balaban J connectivity index is 2.24. The molecule has 4 heteroatoms. The largest absolute Gasteiger partial charge is 0.385 e. The molecule has 1 fully saturated rings. The van der Waals surface area contributed by atoms with Crippen LogP contribution in [0.2, 0.25) is 0 Å². The van der Waals surface area contributed by atoms with E-state index in [4.69, 9.17) is 0 Å². The van der Waals surface area contributed by atoms with E-state index in [1.165, 1.54) is 12.2 Å². The number of nitro groups is 1. The van der Waals surface area contributed by atoms with Gasteiger partial charge in [0.15, 0.2) is 0 Å². The van der Waals surface area contributed by atoms with Gasteiger partial charge >= 0.3 is 0 Å². The van der Waals surface area contributed by atoms with Crippen LogP contribution in [0, 0.1) is 16.0 Å². The zero-order valence-electron chi connectivity index (χ0n) is 7.14. The van der Waals surface area contributed by atoms with Crippen molar-refractivity contribution in [2.24, 2.45) is 5.92 Å². The molecular weight excluding hydrogens is 170 g/mol. The zero-order valence-corrected chi connectivity index (χ0v) is 7.14. The van der Waals surface area contributed by atoms with Crippen molar-refractivity contribution in [3.8, 4) is 0 Å². The first-order chi connectivity index (χ1) is 6.12. The van der Waals surface area contributed by atoms with E-state index in [0.717, 1.165) is 12.8 Å². The monoisotopic (exact) mass is 181 g/mol. The Morgan fingerprint density at radius 1 is 1.62 bits per heavy atom. The Labute approximate surface area is 75.7 Å². The molecule has 2 aliphatic carbocycles. The highest BCUT2D eigenvalue weighted by molar-refractivity contribution is 5.25. The summed E-state index contributed by atoms with van der Waals surface area (Å²) in [5.41, 5.74) is -0.933. The van der Waals surface area contributed by atoms with E-state index in [9.17, 15) is 15.2 Å². The van der Waals surface area contributed by atoms with E-state index in [0.29, 0.717) is 6.42 Å². The average molecular weight is 181 g/mol. The number of rotatable bonds is 2. The second kappa shape index (κ2) is 2.67. The summed E-state index contributed by atoms with van der Waals surface area (Å²) in [6.07, 6.45) is 6.99. The van der Waals surface area contributed by atoms with Gasteiger partial charge in [-0.15, -0.1) is 0 Å². The third kappa shape index (κ3) is 1.49. The summed E-state index contributed by atoms with van der Waals surface area (Å²) in [4.78, 5) is 10.0. The SMILES string of the molecule is O=[N+]([O-])C1=CC(O)(C2CC2)CC=C1. The van der Waals surface area contributed by atoms with E-state index >= 15 is 0 Å². The van der Waals surface area contributed by atoms with Crippen molar-refractivity contribution in [3.63, 3.8) is 0 Å². The molecule has 1 N–H and O–H groups in total. The highest BCUT2D eigenvalue weighted by Gasteiger charge is 2.43. The minimum atomic E-state index is -0.947. The van der Waals surface area contributed by atoms with Crippen LogP contribution in [0.1, 0.15) is 19.3 Å². The van der Waals surface area contributed by atoms with E-state index < -0.39 is 10.5 Å². The molecule has 13 heavy (non-hydrogen) atoms. The smallest absolute Gasteiger partial charge is 0.268 e. The first-order valence-electron chi connectivity index (χ1n) is 4.38. The predicted octanol–water partition coefficient (Wildman–Crippen LogP) is 1.25. The van der Waals surface area contributed by atoms with Crippen LogP contribution < -0.4 is 0 Å². The standard InChI is InChI=1S/C9H11NO3/c11-9(7-3-4-7)5-1-2-8(6-9)10(12)13/h1-2,6-7,11H,3-5H2. The number of hydrogen-bond donors (Lipinski definition) is 1. The fraction of sp³-hybridized carbons (Fsp3) is 0.556. The molecule has 1 atom stereocenters. The Morgan fingerprint density at radius 2 is 2.31 bits per heavy atom. The van der Waals surface area contributed by atoms with Gasteiger partial charge in [-0.05, 0) is 25.2 Å². The molecule has 0 aromatic carbocycles. The molecule has 0 amide bonds. The van der Waals surface area contributed by atoms with Crippen LogP contribution in [0.3, 0.4) is 0 Å². The maximum Gasteiger partial charge on any atom is 0.268 e. The molecule has 0 aromatic heterocycles. The van der Waals surface area contributed by atoms with Crippen molar-refractivity contribution in [3.05, 3.63) is 34.0 Å². The van der Waals surface area contributed by atoms with Crippen molar-refractivity contribution < 1.29 is 10.0 Å². The minimum Gasteiger partial charge on any atom is -0.385 e. The number of hydrogen-bond acceptors (Lipinski definition) is 3. The normalized spacial score (nSPS) is 32.8. The van der Waals surface area contributed by atoms with Crippen LogP contribution in [-0.2, 0) is 0 Å². The lowest BCUT2D eigenvalue weighted by Crippen LogP contribution is -2.30. The average Bonchev–Trinajstić information content (AvgIpc) is 2.86. The predicted molar refractivity (Wildman–Crippen MR) is 46.5 cm³/mol. The second-order valence-corrected chi connectivity index (χ2v) is 3.70. The Bertz CT molecular complexity index is 304. The molecule has 1 saturated carbocycles. The zero-order chi connectivity index (χ0) is 9.47. The molecule has 0 heterocycles. The Kier molecular flexibility index (Phi) is 1.73. The van der Waals surface area contributed by atoms with Gasteiger partial charge in [-0.25, -0.2) is 0 Å². The molecule has 0 aromatic rings. The molecule has 70 valence electrons. The summed E-state index contributed by atoms with van der Waals surface area (Å²) in [6.45, 7) is 0. The van der Waals surface area contributed by atoms with Crippen LogP contribution in [0.25, 0.3) is 0 Å². The van der Waals surface area contributed by atoms with Crippen molar-refractivity contribution in [1.29, 1.82) is 0 Å². The lowest BCUT2D eigenvalue weighted by Gasteiger charge is -2.24. The Morgan fingerprint density at radius 3 is 2.85 bits per heavy atom. The summed E-state index contributed by atoms with van der Waals surface area (Å²) in [7, 11) is 0. The molecule has 1 unspecified atom stereocenters. The van der Waals surface area contributed by atoms with Crippen LogP contribution in [0.4, 0.5) is 0 Å². The van der Waals surface area contributed by atoms with Crippen molar-refractivity contribution in [1.82, 2.24) is 0 Å². The highest BCUT2D eigenvalue weighted by Crippen LogP contribution is 2.44. The van der Waals surface area contributed by atoms with E-state index in [1.807, 2.05) is 0 Å². The summed E-state index contributed by atoms with van der Waals surface area (Å²) < 4.78 is 0. The van der Waals surface area contributed by atoms with E-state index in [-0.39, 0.29) is 11.6 Å². The third-order valence-corrected chi connectivity index (χ3v) is 2.63. The van der Waals surface area contributed by atoms with Gasteiger partial charge in [0.2, 0.25) is 0 Å². The maximum absolute atomic E-state index is 10.5. The molecule has 2 aliphatic rings. The van der Waals surface area contributed by atoms with Crippen LogP contribution in [0.5, 0.6) is 0 Å². The van der Waals surface area contributed by atoms with E-state index in [2.05, 4.69) is 0 Å². The molecule has 4 nitrogen and oxygen atoms in total. The first kappa shape index (κ1) is 8.44. The van der Waals surface area contributed by atoms with Gasteiger partial charge in [-0.3, -0.25) is 10.1 Å². The van der Waals surface area contributed by atoms with Gasteiger partial charge in [0, 0.05) is 12.2 Å². The fourth-order valence-electron chi connectivity index (χ4n) is 1.71. The molecular formula is C9H11NO3. The molecule has 2 rings (SSSR count). The lowest BCUT2D eigenvalue weighted by molar-refractivity contribution is -0.420. The molecule has 0 spiro atoms. The van der Waals surface area contributed by atoms with Gasteiger partial charge < -0.3 is 5.11 Å². The fourth-order valence-corrected chi connectivity index (χ4v) is 1.71. The molecule has 0 saturated heterocycles. The summed E-state index contributed by atoms with van der Waals surface area (Å²) in [5.74, 6) is 0.229. The van der Waals surface area contributed by atoms with Gasteiger partial charge in [0.25, 0.3) is 5.70 Å². The highest BCUT2D eigenvalue weighted by atomic mass is 16.6. The first-order valence-corrected chi connectivity index (χ1v) is 4.38. The van der Waals surface area contributed by atoms with Crippen molar-refractivity contribution >= 4 is 0 Å². The molecule has 0 radical (unpaired) electrons. The summed E-state index contributed by atoms with van der Waals surface area (Å²) in [6, 6.07) is 0. The van der Waals surface area contributed by atoms with Crippen LogP contribution in [-0.4, -0.2) is 15.6 Å². The van der Waals surface area contributed by atoms with Crippen molar-refractivity contribution in [2.75, 3.05) is 0 Å². The van der Waals surface area contributed by atoms with Crippen LogP contribution >= 0.6 is 0 Å². The second-order valence-electron chi connectivity index (χ2n) is 3.70. The lowest BCUT2D eigenvalue weighted by atomic mass is 9.89. The summed E-state index contributed by atoms with van der Waals surface area (Å²) in [5, 5.41) is 20.5.